The number of amides is 1. The van der Waals surface area contributed by atoms with Crippen LogP contribution in [0.3, 0.4) is 0 Å². The summed E-state index contributed by atoms with van der Waals surface area (Å²) in [5, 5.41) is 9.08. The monoisotopic (exact) mass is 397 g/mol. The SMILES string of the molecule is CCNCCNC1CC(Cl)CCC1NC(=O)C1CC(F)C(S)CC1F. The van der Waals surface area contributed by atoms with Crippen molar-refractivity contribution in [1.82, 2.24) is 16.0 Å². The van der Waals surface area contributed by atoms with Crippen LogP contribution in [0.5, 0.6) is 0 Å². The number of alkyl halides is 3. The second kappa shape index (κ2) is 10.3. The van der Waals surface area contributed by atoms with Crippen molar-refractivity contribution in [3.05, 3.63) is 0 Å². The van der Waals surface area contributed by atoms with Crippen molar-refractivity contribution in [3.63, 3.8) is 0 Å². The van der Waals surface area contributed by atoms with E-state index in [-0.39, 0.29) is 36.2 Å². The Hall–Kier alpha value is -0.110. The first-order valence-electron chi connectivity index (χ1n) is 9.27. The molecule has 25 heavy (non-hydrogen) atoms. The Balaban J connectivity index is 1.89. The van der Waals surface area contributed by atoms with Crippen molar-refractivity contribution in [2.75, 3.05) is 19.6 Å². The third-order valence-electron chi connectivity index (χ3n) is 5.21. The molecular formula is C17H30ClF2N3OS. The summed E-state index contributed by atoms with van der Waals surface area (Å²) in [5.74, 6) is -1.30. The molecule has 0 aromatic rings. The molecule has 2 saturated carbocycles. The molecule has 4 nitrogen and oxygen atoms in total. The van der Waals surface area contributed by atoms with Gasteiger partial charge in [0.15, 0.2) is 0 Å². The van der Waals surface area contributed by atoms with E-state index in [9.17, 15) is 13.6 Å². The van der Waals surface area contributed by atoms with Gasteiger partial charge < -0.3 is 16.0 Å². The zero-order chi connectivity index (χ0) is 18.4. The Bertz CT molecular complexity index is 435. The highest BCUT2D eigenvalue weighted by atomic mass is 35.5. The molecule has 146 valence electrons. The maximum Gasteiger partial charge on any atom is 0.226 e. The molecule has 2 aliphatic carbocycles. The summed E-state index contributed by atoms with van der Waals surface area (Å²) in [4.78, 5) is 12.5. The summed E-state index contributed by atoms with van der Waals surface area (Å²) in [6, 6.07) is -0.0394. The highest BCUT2D eigenvalue weighted by Gasteiger charge is 2.41. The largest absolute Gasteiger partial charge is 0.351 e. The Morgan fingerprint density at radius 1 is 1.12 bits per heavy atom. The topological polar surface area (TPSA) is 53.2 Å². The number of hydrogen-bond donors (Lipinski definition) is 4. The van der Waals surface area contributed by atoms with Crippen LogP contribution in [-0.2, 0) is 4.79 Å². The summed E-state index contributed by atoms with van der Waals surface area (Å²) < 4.78 is 28.0. The minimum absolute atomic E-state index is 0.0127. The molecule has 0 bridgehead atoms. The third-order valence-corrected chi connectivity index (χ3v) is 6.14. The van der Waals surface area contributed by atoms with Gasteiger partial charge in [-0.15, -0.1) is 11.6 Å². The normalized spacial score (nSPS) is 39.2. The minimum Gasteiger partial charge on any atom is -0.351 e. The first-order valence-corrected chi connectivity index (χ1v) is 10.2. The number of thiol groups is 1. The highest BCUT2D eigenvalue weighted by molar-refractivity contribution is 7.81. The second-order valence-electron chi connectivity index (χ2n) is 7.12. The van der Waals surface area contributed by atoms with E-state index >= 15 is 0 Å². The molecule has 0 radical (unpaired) electrons. The van der Waals surface area contributed by atoms with E-state index in [2.05, 4.69) is 28.6 Å². The van der Waals surface area contributed by atoms with Gasteiger partial charge in [-0.1, -0.05) is 6.92 Å². The maximum absolute atomic E-state index is 14.2. The van der Waals surface area contributed by atoms with Gasteiger partial charge in [-0.2, -0.15) is 12.6 Å². The summed E-state index contributed by atoms with van der Waals surface area (Å²) in [5.41, 5.74) is 0. The van der Waals surface area contributed by atoms with E-state index in [1.807, 2.05) is 6.92 Å². The number of rotatable bonds is 7. The predicted octanol–water partition coefficient (Wildman–Crippen LogP) is 2.21. The average Bonchev–Trinajstić information content (AvgIpc) is 2.57. The van der Waals surface area contributed by atoms with Crippen LogP contribution in [0.1, 0.15) is 39.0 Å². The quantitative estimate of drug-likeness (QED) is 0.303. The van der Waals surface area contributed by atoms with Gasteiger partial charge in [0.2, 0.25) is 5.91 Å². The molecule has 7 unspecified atom stereocenters. The molecule has 0 aromatic heterocycles. The van der Waals surface area contributed by atoms with Gasteiger partial charge in [0.05, 0.1) is 5.92 Å². The first-order chi connectivity index (χ1) is 11.9. The molecule has 2 fully saturated rings. The lowest BCUT2D eigenvalue weighted by atomic mass is 9.84. The van der Waals surface area contributed by atoms with Gasteiger partial charge in [0.25, 0.3) is 0 Å². The average molecular weight is 398 g/mol. The van der Waals surface area contributed by atoms with Gasteiger partial charge in [-0.05, 0) is 38.6 Å². The Kier molecular flexibility index (Phi) is 8.72. The van der Waals surface area contributed by atoms with Crippen LogP contribution >= 0.6 is 24.2 Å². The first kappa shape index (κ1) is 21.2. The highest BCUT2D eigenvalue weighted by Crippen LogP contribution is 2.33. The summed E-state index contributed by atoms with van der Waals surface area (Å²) in [6.45, 7) is 4.56. The third kappa shape index (κ3) is 6.22. The minimum atomic E-state index is -1.33. The van der Waals surface area contributed by atoms with Crippen LogP contribution < -0.4 is 16.0 Å². The van der Waals surface area contributed by atoms with E-state index in [1.54, 1.807) is 0 Å². The van der Waals surface area contributed by atoms with Gasteiger partial charge in [-0.25, -0.2) is 8.78 Å². The Labute approximate surface area is 159 Å². The molecular weight excluding hydrogens is 368 g/mol. The van der Waals surface area contributed by atoms with E-state index in [1.165, 1.54) is 0 Å². The molecule has 3 N–H and O–H groups in total. The van der Waals surface area contributed by atoms with Crippen LogP contribution in [0.15, 0.2) is 0 Å². The van der Waals surface area contributed by atoms with Gasteiger partial charge in [-0.3, -0.25) is 4.79 Å². The van der Waals surface area contributed by atoms with Crippen molar-refractivity contribution in [1.29, 1.82) is 0 Å². The summed E-state index contributed by atoms with van der Waals surface area (Å²) in [7, 11) is 0. The van der Waals surface area contributed by atoms with Crippen LogP contribution in [0.25, 0.3) is 0 Å². The fourth-order valence-electron chi connectivity index (χ4n) is 3.69. The maximum atomic E-state index is 14.2. The molecule has 2 aliphatic rings. The number of carbonyl (C=O) groups excluding carboxylic acids is 1. The van der Waals surface area contributed by atoms with Crippen molar-refractivity contribution >= 4 is 30.1 Å². The summed E-state index contributed by atoms with van der Waals surface area (Å²) in [6.07, 6.45) is -0.362. The van der Waals surface area contributed by atoms with Gasteiger partial charge in [0.1, 0.15) is 12.3 Å². The van der Waals surface area contributed by atoms with Crippen molar-refractivity contribution in [3.8, 4) is 0 Å². The summed E-state index contributed by atoms with van der Waals surface area (Å²) >= 11 is 10.3. The second-order valence-corrected chi connectivity index (χ2v) is 8.40. The number of nitrogens with one attached hydrogen (secondary N) is 3. The van der Waals surface area contributed by atoms with E-state index in [0.717, 1.165) is 38.9 Å². The van der Waals surface area contributed by atoms with Crippen LogP contribution in [0, 0.1) is 5.92 Å². The van der Waals surface area contributed by atoms with Crippen LogP contribution in [0.4, 0.5) is 8.78 Å². The van der Waals surface area contributed by atoms with E-state index < -0.39 is 23.5 Å². The van der Waals surface area contributed by atoms with E-state index in [0.29, 0.717) is 0 Å². The lowest BCUT2D eigenvalue weighted by Gasteiger charge is -2.37. The number of likely N-dealkylation sites (N-methyl/N-ethyl adjacent to an activating group) is 1. The molecule has 0 saturated heterocycles. The predicted molar refractivity (Wildman–Crippen MR) is 101 cm³/mol. The number of hydrogen-bond acceptors (Lipinski definition) is 4. The van der Waals surface area contributed by atoms with Crippen molar-refractivity contribution in [2.24, 2.45) is 5.92 Å². The zero-order valence-electron chi connectivity index (χ0n) is 14.7. The van der Waals surface area contributed by atoms with Crippen molar-refractivity contribution < 1.29 is 13.6 Å². The molecule has 0 aromatic carbocycles. The Morgan fingerprint density at radius 3 is 2.60 bits per heavy atom. The molecule has 7 atom stereocenters. The lowest BCUT2D eigenvalue weighted by Crippen LogP contribution is -2.56. The standard InChI is InChI=1S/C17H30ClF2N3OS/c1-2-21-5-6-22-15-7-10(18)3-4-14(15)23-17(24)11-8-13(20)16(25)9-12(11)19/h10-16,21-22,25H,2-9H2,1H3,(H,23,24). The van der Waals surface area contributed by atoms with Gasteiger partial charge in [0, 0.05) is 35.8 Å². The fraction of sp³-hybridized carbons (Fsp3) is 0.941. The molecule has 1 amide bonds. The number of halogens is 3. The molecule has 0 aliphatic heterocycles. The fourth-order valence-corrected chi connectivity index (χ4v) is 4.33. The number of carbonyl (C=O) groups is 1. The lowest BCUT2D eigenvalue weighted by molar-refractivity contribution is -0.130. The Morgan fingerprint density at radius 2 is 1.88 bits per heavy atom. The van der Waals surface area contributed by atoms with Gasteiger partial charge >= 0.3 is 0 Å². The molecule has 8 heteroatoms. The molecule has 2 rings (SSSR count). The zero-order valence-corrected chi connectivity index (χ0v) is 16.3. The van der Waals surface area contributed by atoms with Crippen molar-refractivity contribution in [2.45, 2.75) is 74.1 Å². The smallest absolute Gasteiger partial charge is 0.226 e. The van der Waals surface area contributed by atoms with E-state index in [4.69, 9.17) is 11.6 Å². The van der Waals surface area contributed by atoms with Crippen LogP contribution in [0.2, 0.25) is 0 Å². The van der Waals surface area contributed by atoms with Crippen LogP contribution in [-0.4, -0.2) is 60.6 Å². The molecule has 0 heterocycles. The molecule has 0 spiro atoms.